The molecule has 0 unspecified atom stereocenters. The summed E-state index contributed by atoms with van der Waals surface area (Å²) in [6.07, 6.45) is 1.83. The molecule has 0 aromatic heterocycles. The molecule has 1 rings (SSSR count). The molecular formula is C13H18O5S. The quantitative estimate of drug-likeness (QED) is 0.557. The zero-order chi connectivity index (χ0) is 14.3. The fourth-order valence-corrected chi connectivity index (χ4v) is 2.14. The fourth-order valence-electron chi connectivity index (χ4n) is 1.50. The van der Waals surface area contributed by atoms with Crippen LogP contribution in [-0.2, 0) is 25.8 Å². The van der Waals surface area contributed by atoms with Crippen LogP contribution in [0.25, 0.3) is 0 Å². The molecule has 0 amide bonds. The Morgan fingerprint density at radius 3 is 2.68 bits per heavy atom. The molecular weight excluding hydrogens is 268 g/mol. The van der Waals surface area contributed by atoms with Crippen molar-refractivity contribution in [3.63, 3.8) is 0 Å². The number of carbonyl (C=O) groups is 1. The van der Waals surface area contributed by atoms with Crippen molar-refractivity contribution < 1.29 is 22.7 Å². The second kappa shape index (κ2) is 7.13. The van der Waals surface area contributed by atoms with E-state index in [2.05, 4.69) is 4.74 Å². The molecule has 0 spiro atoms. The molecule has 0 heterocycles. The van der Waals surface area contributed by atoms with Crippen molar-refractivity contribution in [1.29, 1.82) is 0 Å². The van der Waals surface area contributed by atoms with Crippen molar-refractivity contribution in [2.75, 3.05) is 25.7 Å². The highest BCUT2D eigenvalue weighted by Gasteiger charge is 2.05. The van der Waals surface area contributed by atoms with E-state index >= 15 is 0 Å². The summed E-state index contributed by atoms with van der Waals surface area (Å²) in [5.74, 6) is 0.415. The minimum Gasteiger partial charge on any atom is -0.494 e. The Morgan fingerprint density at radius 2 is 2.05 bits per heavy atom. The molecule has 0 aliphatic heterocycles. The summed E-state index contributed by atoms with van der Waals surface area (Å²) in [4.78, 5) is 11.1. The minimum atomic E-state index is -2.95. The van der Waals surface area contributed by atoms with Gasteiger partial charge in [0.25, 0.3) is 0 Å². The Bertz CT molecular complexity index is 522. The molecule has 0 saturated carbocycles. The highest BCUT2D eigenvalue weighted by Crippen LogP contribution is 2.14. The van der Waals surface area contributed by atoms with Gasteiger partial charge in [-0.1, -0.05) is 12.1 Å². The Morgan fingerprint density at radius 1 is 1.32 bits per heavy atom. The maximum Gasteiger partial charge on any atom is 0.309 e. The van der Waals surface area contributed by atoms with Crippen molar-refractivity contribution in [2.45, 2.75) is 12.8 Å². The van der Waals surface area contributed by atoms with Crippen molar-refractivity contribution in [1.82, 2.24) is 0 Å². The Balaban J connectivity index is 2.46. The maximum atomic E-state index is 11.1. The first-order chi connectivity index (χ1) is 8.90. The molecule has 0 saturated heterocycles. The molecule has 0 radical (unpaired) electrons. The summed E-state index contributed by atoms with van der Waals surface area (Å²) in [7, 11) is -1.61. The standard InChI is InChI=1S/C13H18O5S/c1-17-13(14)10-11-5-3-6-12(9-11)18-7-4-8-19(2,15)16/h3,5-6,9H,4,7-8,10H2,1-2H3. The van der Waals surface area contributed by atoms with Gasteiger partial charge in [0.2, 0.25) is 0 Å². The summed E-state index contributed by atoms with van der Waals surface area (Å²) in [5, 5.41) is 0. The van der Waals surface area contributed by atoms with Crippen LogP contribution < -0.4 is 4.74 Å². The molecule has 5 nitrogen and oxygen atoms in total. The van der Waals surface area contributed by atoms with Gasteiger partial charge in [0.05, 0.1) is 25.9 Å². The first kappa shape index (κ1) is 15.5. The second-order valence-electron chi connectivity index (χ2n) is 4.23. The molecule has 0 atom stereocenters. The van der Waals surface area contributed by atoms with E-state index in [1.165, 1.54) is 13.4 Å². The van der Waals surface area contributed by atoms with Gasteiger partial charge in [-0.05, 0) is 24.1 Å². The van der Waals surface area contributed by atoms with Crippen LogP contribution in [0, 0.1) is 0 Å². The second-order valence-corrected chi connectivity index (χ2v) is 6.49. The van der Waals surface area contributed by atoms with Crippen molar-refractivity contribution in [3.8, 4) is 5.75 Å². The van der Waals surface area contributed by atoms with Crippen molar-refractivity contribution in [3.05, 3.63) is 29.8 Å². The predicted molar refractivity (Wildman–Crippen MR) is 72.0 cm³/mol. The van der Waals surface area contributed by atoms with Crippen molar-refractivity contribution in [2.24, 2.45) is 0 Å². The van der Waals surface area contributed by atoms with E-state index in [1.54, 1.807) is 24.3 Å². The van der Waals surface area contributed by atoms with Crippen LogP contribution in [0.2, 0.25) is 0 Å². The number of hydrogen-bond donors (Lipinski definition) is 0. The SMILES string of the molecule is COC(=O)Cc1cccc(OCCCS(C)(=O)=O)c1. The monoisotopic (exact) mass is 286 g/mol. The smallest absolute Gasteiger partial charge is 0.309 e. The Labute approximate surface area is 113 Å². The number of carbonyl (C=O) groups excluding carboxylic acids is 1. The summed E-state index contributed by atoms with van der Waals surface area (Å²) in [6, 6.07) is 7.10. The van der Waals surface area contributed by atoms with E-state index in [4.69, 9.17) is 4.74 Å². The molecule has 19 heavy (non-hydrogen) atoms. The fraction of sp³-hybridized carbons (Fsp3) is 0.462. The van der Waals surface area contributed by atoms with Gasteiger partial charge in [0.15, 0.2) is 0 Å². The summed E-state index contributed by atoms with van der Waals surface area (Å²) in [6.45, 7) is 0.328. The van der Waals surface area contributed by atoms with Gasteiger partial charge in [-0.15, -0.1) is 0 Å². The van der Waals surface area contributed by atoms with Crippen LogP contribution in [0.3, 0.4) is 0 Å². The zero-order valence-corrected chi connectivity index (χ0v) is 11.9. The Hall–Kier alpha value is -1.56. The van der Waals surface area contributed by atoms with E-state index < -0.39 is 9.84 Å². The van der Waals surface area contributed by atoms with Crippen LogP contribution in [0.15, 0.2) is 24.3 Å². The first-order valence-corrected chi connectivity index (χ1v) is 7.93. The average Bonchev–Trinajstić information content (AvgIpc) is 2.34. The average molecular weight is 286 g/mol. The molecule has 1 aromatic rings. The minimum absolute atomic E-state index is 0.106. The van der Waals surface area contributed by atoms with E-state index in [9.17, 15) is 13.2 Å². The molecule has 106 valence electrons. The summed E-state index contributed by atoms with van der Waals surface area (Å²) >= 11 is 0. The van der Waals surface area contributed by atoms with Crippen LogP contribution in [-0.4, -0.2) is 40.1 Å². The van der Waals surface area contributed by atoms with Gasteiger partial charge in [-0.25, -0.2) is 8.42 Å². The number of methoxy groups -OCH3 is 1. The number of hydrogen-bond acceptors (Lipinski definition) is 5. The number of esters is 1. The molecule has 0 bridgehead atoms. The molecule has 0 aliphatic rings. The van der Waals surface area contributed by atoms with Crippen LogP contribution in [0.4, 0.5) is 0 Å². The molecule has 0 fully saturated rings. The van der Waals surface area contributed by atoms with Gasteiger partial charge in [-0.2, -0.15) is 0 Å². The maximum absolute atomic E-state index is 11.1. The van der Waals surface area contributed by atoms with Crippen LogP contribution >= 0.6 is 0 Å². The lowest BCUT2D eigenvalue weighted by atomic mass is 10.1. The lowest BCUT2D eigenvalue weighted by molar-refractivity contribution is -0.139. The predicted octanol–water partition coefficient (Wildman–Crippen LogP) is 1.22. The highest BCUT2D eigenvalue weighted by molar-refractivity contribution is 7.90. The number of benzene rings is 1. The first-order valence-electron chi connectivity index (χ1n) is 5.87. The highest BCUT2D eigenvalue weighted by atomic mass is 32.2. The molecule has 6 heteroatoms. The normalized spacial score (nSPS) is 11.1. The molecule has 1 aromatic carbocycles. The van der Waals surface area contributed by atoms with Gasteiger partial charge in [-0.3, -0.25) is 4.79 Å². The lowest BCUT2D eigenvalue weighted by Gasteiger charge is -2.07. The summed E-state index contributed by atoms with van der Waals surface area (Å²) in [5.41, 5.74) is 0.799. The lowest BCUT2D eigenvalue weighted by Crippen LogP contribution is -2.08. The third kappa shape index (κ3) is 6.81. The van der Waals surface area contributed by atoms with E-state index in [0.717, 1.165) is 5.56 Å². The van der Waals surface area contributed by atoms with Gasteiger partial charge >= 0.3 is 5.97 Å². The van der Waals surface area contributed by atoms with E-state index in [0.29, 0.717) is 18.8 Å². The number of sulfone groups is 1. The molecule has 0 aliphatic carbocycles. The van der Waals surface area contributed by atoms with E-state index in [1.807, 2.05) is 0 Å². The number of rotatable bonds is 7. The molecule has 0 N–H and O–H groups in total. The van der Waals surface area contributed by atoms with Gasteiger partial charge < -0.3 is 9.47 Å². The third-order valence-corrected chi connectivity index (χ3v) is 3.43. The summed E-state index contributed by atoms with van der Waals surface area (Å²) < 4.78 is 31.9. The Kier molecular flexibility index (Phi) is 5.82. The van der Waals surface area contributed by atoms with Crippen LogP contribution in [0.1, 0.15) is 12.0 Å². The van der Waals surface area contributed by atoms with Gasteiger partial charge in [0, 0.05) is 6.26 Å². The van der Waals surface area contributed by atoms with Crippen molar-refractivity contribution >= 4 is 15.8 Å². The number of ether oxygens (including phenoxy) is 2. The zero-order valence-electron chi connectivity index (χ0n) is 11.1. The van der Waals surface area contributed by atoms with Crippen LogP contribution in [0.5, 0.6) is 5.75 Å². The van der Waals surface area contributed by atoms with Gasteiger partial charge in [0.1, 0.15) is 15.6 Å². The third-order valence-electron chi connectivity index (χ3n) is 2.40. The topological polar surface area (TPSA) is 69.7 Å². The largest absolute Gasteiger partial charge is 0.494 e. The van der Waals surface area contributed by atoms with E-state index in [-0.39, 0.29) is 18.1 Å².